The number of nitro benzene ring substituents is 1. The molecular weight excluding hydrogens is 352 g/mol. The number of amides is 1. The number of rotatable bonds is 4. The second-order valence-corrected chi connectivity index (χ2v) is 6.64. The molecule has 0 saturated heterocycles. The topological polar surface area (TPSA) is 96.3 Å². The molecule has 2 aromatic rings. The summed E-state index contributed by atoms with van der Waals surface area (Å²) in [5, 5.41) is 13.7. The molecule has 0 aromatic heterocycles. The molecular formula is C18H18N4O3S. The normalized spacial score (nSPS) is 17.9. The molecule has 1 saturated carbocycles. The molecule has 0 spiro atoms. The molecule has 0 radical (unpaired) electrons. The van der Waals surface area contributed by atoms with Crippen molar-refractivity contribution in [2.45, 2.75) is 19.3 Å². The second kappa shape index (κ2) is 7.49. The van der Waals surface area contributed by atoms with Gasteiger partial charge in [0, 0.05) is 23.7 Å². The molecule has 1 aliphatic carbocycles. The molecule has 0 unspecified atom stereocenters. The van der Waals surface area contributed by atoms with Crippen molar-refractivity contribution in [2.24, 2.45) is 5.92 Å². The lowest BCUT2D eigenvalue weighted by molar-refractivity contribution is -0.384. The summed E-state index contributed by atoms with van der Waals surface area (Å²) in [5.74, 6) is 0.0735. The summed E-state index contributed by atoms with van der Waals surface area (Å²) in [6.07, 6.45) is 0.819. The minimum atomic E-state index is -0.472. The van der Waals surface area contributed by atoms with E-state index in [2.05, 4.69) is 28.3 Å². The maximum atomic E-state index is 12.2. The van der Waals surface area contributed by atoms with E-state index in [1.165, 1.54) is 23.3 Å². The fraction of sp³-hybridized carbons (Fsp3) is 0.222. The summed E-state index contributed by atoms with van der Waals surface area (Å²) in [5.41, 5.74) is 8.21. The highest BCUT2D eigenvalue weighted by Crippen LogP contribution is 2.47. The Labute approximate surface area is 155 Å². The third-order valence-electron chi connectivity index (χ3n) is 4.27. The SMILES string of the molecule is Cc1ccc([C@H]2C[C@H]2C(=O)NNC(=S)Nc2ccc([N+](=O)[O-])cc2)cc1. The average molecular weight is 370 g/mol. The molecule has 3 rings (SSSR count). The van der Waals surface area contributed by atoms with Crippen molar-refractivity contribution in [2.75, 3.05) is 5.32 Å². The Morgan fingerprint density at radius 3 is 2.38 bits per heavy atom. The van der Waals surface area contributed by atoms with Gasteiger partial charge >= 0.3 is 0 Å². The number of nitrogens with zero attached hydrogens (tertiary/aromatic N) is 1. The van der Waals surface area contributed by atoms with Crippen LogP contribution < -0.4 is 16.2 Å². The van der Waals surface area contributed by atoms with Crippen molar-refractivity contribution in [3.63, 3.8) is 0 Å². The van der Waals surface area contributed by atoms with Crippen LogP contribution in [0.5, 0.6) is 0 Å². The monoisotopic (exact) mass is 370 g/mol. The Balaban J connectivity index is 1.45. The first-order chi connectivity index (χ1) is 12.4. The molecule has 0 aliphatic heterocycles. The van der Waals surface area contributed by atoms with Gasteiger partial charge in [0.05, 0.1) is 4.92 Å². The smallest absolute Gasteiger partial charge is 0.269 e. The van der Waals surface area contributed by atoms with E-state index in [1.54, 1.807) is 12.1 Å². The number of hydrazine groups is 1. The Bertz CT molecular complexity index is 837. The van der Waals surface area contributed by atoms with Gasteiger partial charge in [0.15, 0.2) is 5.11 Å². The van der Waals surface area contributed by atoms with Gasteiger partial charge in [-0.25, -0.2) is 0 Å². The van der Waals surface area contributed by atoms with E-state index in [-0.39, 0.29) is 28.5 Å². The average Bonchev–Trinajstić information content (AvgIpc) is 3.41. The number of aryl methyl sites for hydroxylation is 1. The third kappa shape index (κ3) is 4.34. The number of anilines is 1. The highest BCUT2D eigenvalue weighted by atomic mass is 32.1. The van der Waals surface area contributed by atoms with Crippen LogP contribution in [0.4, 0.5) is 11.4 Å². The van der Waals surface area contributed by atoms with Gasteiger partial charge in [-0.3, -0.25) is 25.8 Å². The van der Waals surface area contributed by atoms with Crippen LogP contribution in [-0.4, -0.2) is 15.9 Å². The minimum absolute atomic E-state index is 0.00129. The van der Waals surface area contributed by atoms with Crippen LogP contribution in [0.3, 0.4) is 0 Å². The standard InChI is InChI=1S/C18H18N4O3S/c1-11-2-4-12(5-3-11)15-10-16(15)17(23)20-21-18(26)19-13-6-8-14(9-7-13)22(24)25/h2-9,15-16H,10H2,1H3,(H,20,23)(H2,19,21,26)/t15-,16-/m1/s1. The number of carbonyl (C=O) groups excluding carboxylic acids is 1. The molecule has 134 valence electrons. The quantitative estimate of drug-likeness (QED) is 0.435. The summed E-state index contributed by atoms with van der Waals surface area (Å²) >= 11 is 5.11. The Hall–Kier alpha value is -3.00. The van der Waals surface area contributed by atoms with Gasteiger partial charge in [0.2, 0.25) is 5.91 Å². The molecule has 2 aromatic carbocycles. The Kier molecular flexibility index (Phi) is 5.13. The summed E-state index contributed by atoms with van der Waals surface area (Å²) in [4.78, 5) is 22.4. The van der Waals surface area contributed by atoms with Gasteiger partial charge in [0.25, 0.3) is 5.69 Å². The van der Waals surface area contributed by atoms with Gasteiger partial charge in [-0.2, -0.15) is 0 Å². The summed E-state index contributed by atoms with van der Waals surface area (Å²) in [6.45, 7) is 2.03. The van der Waals surface area contributed by atoms with E-state index in [4.69, 9.17) is 12.2 Å². The van der Waals surface area contributed by atoms with Gasteiger partial charge in [-0.1, -0.05) is 29.8 Å². The van der Waals surface area contributed by atoms with Crippen molar-refractivity contribution in [3.05, 3.63) is 69.8 Å². The number of nitro groups is 1. The number of hydrogen-bond acceptors (Lipinski definition) is 4. The Morgan fingerprint density at radius 2 is 1.77 bits per heavy atom. The summed E-state index contributed by atoms with van der Waals surface area (Å²) in [7, 11) is 0. The molecule has 0 bridgehead atoms. The van der Waals surface area contributed by atoms with Crippen molar-refractivity contribution < 1.29 is 9.72 Å². The van der Waals surface area contributed by atoms with E-state index >= 15 is 0 Å². The maximum absolute atomic E-state index is 12.2. The highest BCUT2D eigenvalue weighted by Gasteiger charge is 2.43. The van der Waals surface area contributed by atoms with E-state index < -0.39 is 4.92 Å². The third-order valence-corrected chi connectivity index (χ3v) is 4.47. The number of hydrogen-bond donors (Lipinski definition) is 3. The molecule has 2 atom stereocenters. The van der Waals surface area contributed by atoms with Gasteiger partial charge in [0.1, 0.15) is 0 Å². The van der Waals surface area contributed by atoms with E-state index in [0.717, 1.165) is 6.42 Å². The van der Waals surface area contributed by atoms with Crippen LogP contribution in [-0.2, 0) is 4.79 Å². The Morgan fingerprint density at radius 1 is 1.12 bits per heavy atom. The molecule has 1 aliphatic rings. The lowest BCUT2D eigenvalue weighted by Crippen LogP contribution is -2.44. The first-order valence-electron chi connectivity index (χ1n) is 8.12. The van der Waals surface area contributed by atoms with Crippen molar-refractivity contribution >= 4 is 34.6 Å². The first-order valence-corrected chi connectivity index (χ1v) is 8.53. The lowest BCUT2D eigenvalue weighted by Gasteiger charge is -2.11. The fourth-order valence-corrected chi connectivity index (χ4v) is 2.88. The van der Waals surface area contributed by atoms with E-state index in [1.807, 2.05) is 19.1 Å². The van der Waals surface area contributed by atoms with E-state index in [9.17, 15) is 14.9 Å². The van der Waals surface area contributed by atoms with Gasteiger partial charge in [-0.15, -0.1) is 0 Å². The molecule has 1 amide bonds. The van der Waals surface area contributed by atoms with Gasteiger partial charge in [-0.05, 0) is 49.2 Å². The second-order valence-electron chi connectivity index (χ2n) is 6.23. The molecule has 0 heterocycles. The fourth-order valence-electron chi connectivity index (χ4n) is 2.71. The van der Waals surface area contributed by atoms with E-state index in [0.29, 0.717) is 5.69 Å². The van der Waals surface area contributed by atoms with Crippen molar-refractivity contribution in [1.29, 1.82) is 0 Å². The molecule has 7 nitrogen and oxygen atoms in total. The zero-order chi connectivity index (χ0) is 18.7. The number of carbonyl (C=O) groups is 1. The number of thiocarbonyl (C=S) groups is 1. The van der Waals surface area contributed by atoms with Crippen LogP contribution in [0.2, 0.25) is 0 Å². The van der Waals surface area contributed by atoms with Crippen LogP contribution in [0.25, 0.3) is 0 Å². The van der Waals surface area contributed by atoms with Crippen LogP contribution in [0, 0.1) is 23.0 Å². The zero-order valence-electron chi connectivity index (χ0n) is 14.1. The van der Waals surface area contributed by atoms with Gasteiger partial charge < -0.3 is 5.32 Å². The number of nitrogens with one attached hydrogen (secondary N) is 3. The first kappa shape index (κ1) is 17.8. The number of benzene rings is 2. The van der Waals surface area contributed by atoms with Crippen molar-refractivity contribution in [1.82, 2.24) is 10.9 Å². The maximum Gasteiger partial charge on any atom is 0.269 e. The highest BCUT2D eigenvalue weighted by molar-refractivity contribution is 7.80. The van der Waals surface area contributed by atoms with Crippen molar-refractivity contribution in [3.8, 4) is 0 Å². The predicted molar refractivity (Wildman–Crippen MR) is 103 cm³/mol. The predicted octanol–water partition coefficient (Wildman–Crippen LogP) is 3.02. The molecule has 26 heavy (non-hydrogen) atoms. The minimum Gasteiger partial charge on any atom is -0.331 e. The summed E-state index contributed by atoms with van der Waals surface area (Å²) < 4.78 is 0. The zero-order valence-corrected chi connectivity index (χ0v) is 14.9. The largest absolute Gasteiger partial charge is 0.331 e. The lowest BCUT2D eigenvalue weighted by atomic mass is 10.1. The van der Waals surface area contributed by atoms with Crippen LogP contribution in [0.15, 0.2) is 48.5 Å². The van der Waals surface area contributed by atoms with Crippen LogP contribution in [0.1, 0.15) is 23.5 Å². The molecule has 3 N–H and O–H groups in total. The molecule has 1 fully saturated rings. The summed E-state index contributed by atoms with van der Waals surface area (Å²) in [6, 6.07) is 14.0. The number of non-ortho nitro benzene ring substituents is 1. The van der Waals surface area contributed by atoms with Crippen LogP contribution >= 0.6 is 12.2 Å². The molecule has 8 heteroatoms.